The minimum atomic E-state index is -1.47. The Bertz CT molecular complexity index is 372. The zero-order chi connectivity index (χ0) is 10.9. The summed E-state index contributed by atoms with van der Waals surface area (Å²) in [5, 5.41) is 18.2. The first-order valence-corrected chi connectivity index (χ1v) is 4.18. The second kappa shape index (κ2) is 3.31. The molecule has 0 saturated heterocycles. The summed E-state index contributed by atoms with van der Waals surface area (Å²) in [7, 11) is 0. The normalized spacial score (nSPS) is 14.8. The molecule has 0 amide bonds. The Hall–Kier alpha value is -1.55. The monoisotopic (exact) mass is 195 g/mol. The molecule has 0 saturated carbocycles. The van der Waals surface area contributed by atoms with Gasteiger partial charge in [-0.1, -0.05) is 12.1 Å². The molecular weight excluding hydrogens is 182 g/mol. The molecule has 1 aromatic carbocycles. The van der Waals surface area contributed by atoms with Gasteiger partial charge in [-0.25, -0.2) is 4.79 Å². The number of aryl methyl sites for hydroxylation is 1. The number of aromatic hydroxyl groups is 1. The fraction of sp³-hybridized carbons (Fsp3) is 0.300. The van der Waals surface area contributed by atoms with Gasteiger partial charge in [-0.05, 0) is 31.0 Å². The van der Waals surface area contributed by atoms with Gasteiger partial charge in [-0.15, -0.1) is 0 Å². The van der Waals surface area contributed by atoms with Crippen molar-refractivity contribution < 1.29 is 15.0 Å². The van der Waals surface area contributed by atoms with E-state index in [1.807, 2.05) is 0 Å². The van der Waals surface area contributed by atoms with Gasteiger partial charge in [0.2, 0.25) is 0 Å². The van der Waals surface area contributed by atoms with E-state index in [2.05, 4.69) is 0 Å². The smallest absolute Gasteiger partial charge is 0.328 e. The van der Waals surface area contributed by atoms with Crippen molar-refractivity contribution in [3.63, 3.8) is 0 Å². The molecule has 0 aliphatic heterocycles. The molecule has 0 aliphatic carbocycles. The third-order valence-corrected chi connectivity index (χ3v) is 2.25. The van der Waals surface area contributed by atoms with E-state index in [0.29, 0.717) is 11.1 Å². The van der Waals surface area contributed by atoms with Crippen molar-refractivity contribution in [2.45, 2.75) is 19.4 Å². The lowest BCUT2D eigenvalue weighted by molar-refractivity contribution is -0.143. The van der Waals surface area contributed by atoms with Crippen LogP contribution in [0.25, 0.3) is 0 Å². The number of phenols is 1. The van der Waals surface area contributed by atoms with Gasteiger partial charge in [0.1, 0.15) is 11.3 Å². The van der Waals surface area contributed by atoms with Crippen LogP contribution in [0.2, 0.25) is 0 Å². The lowest BCUT2D eigenvalue weighted by Gasteiger charge is -2.20. The van der Waals surface area contributed by atoms with Crippen LogP contribution in [0.5, 0.6) is 5.75 Å². The molecule has 4 N–H and O–H groups in total. The maximum absolute atomic E-state index is 10.8. The maximum atomic E-state index is 10.8. The summed E-state index contributed by atoms with van der Waals surface area (Å²) in [5.74, 6) is -1.07. The largest absolute Gasteiger partial charge is 0.508 e. The van der Waals surface area contributed by atoms with E-state index < -0.39 is 11.5 Å². The molecule has 0 aliphatic rings. The first-order chi connectivity index (χ1) is 6.35. The Kier molecular flexibility index (Phi) is 2.49. The summed E-state index contributed by atoms with van der Waals surface area (Å²) in [6.07, 6.45) is 0. The van der Waals surface area contributed by atoms with Crippen LogP contribution in [0.3, 0.4) is 0 Å². The van der Waals surface area contributed by atoms with E-state index >= 15 is 0 Å². The first-order valence-electron chi connectivity index (χ1n) is 4.18. The van der Waals surface area contributed by atoms with Crippen molar-refractivity contribution in [3.05, 3.63) is 29.3 Å². The van der Waals surface area contributed by atoms with Crippen LogP contribution in [-0.2, 0) is 10.3 Å². The Morgan fingerprint density at radius 3 is 2.50 bits per heavy atom. The van der Waals surface area contributed by atoms with Crippen molar-refractivity contribution in [3.8, 4) is 5.75 Å². The molecule has 1 rings (SSSR count). The van der Waals surface area contributed by atoms with Crippen molar-refractivity contribution in [1.82, 2.24) is 0 Å². The summed E-state index contributed by atoms with van der Waals surface area (Å²) in [4.78, 5) is 10.8. The van der Waals surface area contributed by atoms with E-state index in [0.717, 1.165) is 0 Å². The van der Waals surface area contributed by atoms with Gasteiger partial charge in [0.15, 0.2) is 0 Å². The molecule has 4 heteroatoms. The molecule has 76 valence electrons. The van der Waals surface area contributed by atoms with E-state index in [1.54, 1.807) is 19.1 Å². The lowest BCUT2D eigenvalue weighted by atomic mass is 9.92. The molecule has 0 aromatic heterocycles. The Morgan fingerprint density at radius 1 is 1.50 bits per heavy atom. The van der Waals surface area contributed by atoms with Crippen LogP contribution in [0.4, 0.5) is 0 Å². The van der Waals surface area contributed by atoms with E-state index in [1.165, 1.54) is 13.0 Å². The molecule has 1 atom stereocenters. The van der Waals surface area contributed by atoms with Crippen LogP contribution >= 0.6 is 0 Å². The molecule has 0 radical (unpaired) electrons. The van der Waals surface area contributed by atoms with Gasteiger partial charge in [0.05, 0.1) is 0 Å². The number of nitrogens with two attached hydrogens (primary N) is 1. The summed E-state index contributed by atoms with van der Waals surface area (Å²) < 4.78 is 0. The van der Waals surface area contributed by atoms with Crippen molar-refractivity contribution in [1.29, 1.82) is 0 Å². The average Bonchev–Trinajstić information content (AvgIpc) is 2.09. The number of carboxylic acid groups (broad SMARTS) is 1. The fourth-order valence-corrected chi connectivity index (χ4v) is 1.06. The number of benzene rings is 1. The highest BCUT2D eigenvalue weighted by Crippen LogP contribution is 2.24. The predicted molar refractivity (Wildman–Crippen MR) is 52.0 cm³/mol. The third kappa shape index (κ3) is 1.70. The SMILES string of the molecule is Cc1ccc([C@](C)(N)C(=O)O)cc1O. The highest BCUT2D eigenvalue weighted by atomic mass is 16.4. The van der Waals surface area contributed by atoms with Crippen molar-refractivity contribution >= 4 is 5.97 Å². The number of hydrogen-bond acceptors (Lipinski definition) is 3. The average molecular weight is 195 g/mol. The van der Waals surface area contributed by atoms with Gasteiger partial charge < -0.3 is 15.9 Å². The van der Waals surface area contributed by atoms with Crippen molar-refractivity contribution in [2.24, 2.45) is 5.73 Å². The summed E-state index contributed by atoms with van der Waals surface area (Å²) in [6, 6.07) is 4.62. The zero-order valence-electron chi connectivity index (χ0n) is 8.11. The molecule has 0 unspecified atom stereocenters. The zero-order valence-corrected chi connectivity index (χ0v) is 8.11. The number of carboxylic acids is 1. The number of phenolic OH excluding ortho intramolecular Hbond substituents is 1. The molecule has 0 heterocycles. The minimum absolute atomic E-state index is 0.0559. The number of hydrogen-bond donors (Lipinski definition) is 3. The minimum Gasteiger partial charge on any atom is -0.508 e. The molecule has 0 bridgehead atoms. The molecule has 4 nitrogen and oxygen atoms in total. The summed E-state index contributed by atoms with van der Waals surface area (Å²) >= 11 is 0. The maximum Gasteiger partial charge on any atom is 0.328 e. The predicted octanol–water partition coefficient (Wildman–Crippen LogP) is 0.959. The molecule has 1 aromatic rings. The molecular formula is C10H13NO3. The highest BCUT2D eigenvalue weighted by Gasteiger charge is 2.30. The fourth-order valence-electron chi connectivity index (χ4n) is 1.06. The molecule has 0 spiro atoms. The Balaban J connectivity index is 3.21. The van der Waals surface area contributed by atoms with Crippen LogP contribution in [0, 0.1) is 6.92 Å². The van der Waals surface area contributed by atoms with Gasteiger partial charge in [0.25, 0.3) is 0 Å². The number of rotatable bonds is 2. The van der Waals surface area contributed by atoms with Gasteiger partial charge >= 0.3 is 5.97 Å². The van der Waals surface area contributed by atoms with E-state index in [9.17, 15) is 9.90 Å². The van der Waals surface area contributed by atoms with Crippen molar-refractivity contribution in [2.75, 3.05) is 0 Å². The second-order valence-electron chi connectivity index (χ2n) is 3.51. The number of carbonyl (C=O) groups is 1. The molecule has 0 fully saturated rings. The van der Waals surface area contributed by atoms with E-state index in [4.69, 9.17) is 10.8 Å². The molecule has 14 heavy (non-hydrogen) atoms. The topological polar surface area (TPSA) is 83.6 Å². The Morgan fingerprint density at radius 2 is 2.07 bits per heavy atom. The third-order valence-electron chi connectivity index (χ3n) is 2.25. The Labute approximate surface area is 82.0 Å². The highest BCUT2D eigenvalue weighted by molar-refractivity contribution is 5.80. The van der Waals surface area contributed by atoms with Gasteiger partial charge in [-0.2, -0.15) is 0 Å². The van der Waals surface area contributed by atoms with Crippen LogP contribution < -0.4 is 5.73 Å². The summed E-state index contributed by atoms with van der Waals surface area (Å²) in [5.41, 5.74) is 5.19. The standard InChI is InChI=1S/C10H13NO3/c1-6-3-4-7(5-8(6)12)10(2,11)9(13)14/h3-5,12H,11H2,1-2H3,(H,13,14)/t10-/m0/s1. The second-order valence-corrected chi connectivity index (χ2v) is 3.51. The van der Waals surface area contributed by atoms with Crippen LogP contribution in [0.1, 0.15) is 18.1 Å². The number of aliphatic carboxylic acids is 1. The van der Waals surface area contributed by atoms with Gasteiger partial charge in [0, 0.05) is 0 Å². The van der Waals surface area contributed by atoms with Crippen LogP contribution in [-0.4, -0.2) is 16.2 Å². The van der Waals surface area contributed by atoms with Crippen LogP contribution in [0.15, 0.2) is 18.2 Å². The van der Waals surface area contributed by atoms with E-state index in [-0.39, 0.29) is 5.75 Å². The summed E-state index contributed by atoms with van der Waals surface area (Å²) in [6.45, 7) is 3.12. The first kappa shape index (κ1) is 10.5. The quantitative estimate of drug-likeness (QED) is 0.656. The lowest BCUT2D eigenvalue weighted by Crippen LogP contribution is -2.41. The van der Waals surface area contributed by atoms with Gasteiger partial charge in [-0.3, -0.25) is 0 Å².